The van der Waals surface area contributed by atoms with Crippen molar-refractivity contribution in [3.63, 3.8) is 0 Å². The molecule has 0 radical (unpaired) electrons. The molecular formula is C13H18N4S. The minimum absolute atomic E-state index is 0.108. The third-order valence-corrected chi connectivity index (χ3v) is 3.44. The smallest absolute Gasteiger partial charge is 0.222 e. The van der Waals surface area contributed by atoms with Crippen LogP contribution in [0.4, 0.5) is 5.95 Å². The van der Waals surface area contributed by atoms with Crippen LogP contribution in [-0.4, -0.2) is 22.0 Å². The molecule has 18 heavy (non-hydrogen) atoms. The summed E-state index contributed by atoms with van der Waals surface area (Å²) in [5, 5.41) is 6.18. The molecule has 0 atom stereocenters. The summed E-state index contributed by atoms with van der Waals surface area (Å²) < 4.78 is 0. The van der Waals surface area contributed by atoms with E-state index in [2.05, 4.69) is 46.4 Å². The van der Waals surface area contributed by atoms with Gasteiger partial charge in [-0.3, -0.25) is 0 Å². The highest BCUT2D eigenvalue weighted by Gasteiger charge is 2.17. The van der Waals surface area contributed by atoms with E-state index in [0.717, 1.165) is 22.8 Å². The first-order chi connectivity index (χ1) is 8.49. The second-order valence-corrected chi connectivity index (χ2v) is 6.12. The zero-order valence-electron chi connectivity index (χ0n) is 11.2. The zero-order valence-corrected chi connectivity index (χ0v) is 12.0. The Morgan fingerprint density at radius 3 is 2.67 bits per heavy atom. The molecular weight excluding hydrogens is 244 g/mol. The molecule has 0 saturated heterocycles. The SMILES string of the molecule is CNc1nccc(Cc2nc(C(C)(C)C)cs2)n1. The lowest BCUT2D eigenvalue weighted by atomic mass is 9.93. The fourth-order valence-electron chi connectivity index (χ4n) is 1.51. The van der Waals surface area contributed by atoms with Crippen molar-refractivity contribution in [3.8, 4) is 0 Å². The minimum Gasteiger partial charge on any atom is -0.357 e. The molecule has 0 fully saturated rings. The zero-order chi connectivity index (χ0) is 13.2. The molecule has 96 valence electrons. The molecule has 0 saturated carbocycles. The maximum Gasteiger partial charge on any atom is 0.222 e. The van der Waals surface area contributed by atoms with Crippen LogP contribution in [0, 0.1) is 0 Å². The van der Waals surface area contributed by atoms with Crippen LogP contribution in [0.5, 0.6) is 0 Å². The fraction of sp³-hybridized carbons (Fsp3) is 0.462. The van der Waals surface area contributed by atoms with Crippen LogP contribution in [0.15, 0.2) is 17.6 Å². The molecule has 0 bridgehead atoms. The molecule has 0 aliphatic heterocycles. The van der Waals surface area contributed by atoms with E-state index < -0.39 is 0 Å². The Bertz CT molecular complexity index is 528. The van der Waals surface area contributed by atoms with Gasteiger partial charge in [-0.25, -0.2) is 15.0 Å². The first-order valence-electron chi connectivity index (χ1n) is 5.93. The van der Waals surface area contributed by atoms with E-state index >= 15 is 0 Å². The summed E-state index contributed by atoms with van der Waals surface area (Å²) in [6.45, 7) is 6.53. The third-order valence-electron chi connectivity index (χ3n) is 2.59. The van der Waals surface area contributed by atoms with Gasteiger partial charge in [-0.15, -0.1) is 11.3 Å². The van der Waals surface area contributed by atoms with E-state index in [1.54, 1.807) is 17.5 Å². The molecule has 0 unspecified atom stereocenters. The van der Waals surface area contributed by atoms with Gasteiger partial charge in [0.05, 0.1) is 16.4 Å². The van der Waals surface area contributed by atoms with Crippen LogP contribution >= 0.6 is 11.3 Å². The van der Waals surface area contributed by atoms with E-state index in [4.69, 9.17) is 0 Å². The number of nitrogens with zero attached hydrogens (tertiary/aromatic N) is 3. The van der Waals surface area contributed by atoms with Crippen molar-refractivity contribution in [2.45, 2.75) is 32.6 Å². The topological polar surface area (TPSA) is 50.7 Å². The molecule has 2 aromatic rings. The summed E-state index contributed by atoms with van der Waals surface area (Å²) in [4.78, 5) is 13.2. The first-order valence-corrected chi connectivity index (χ1v) is 6.81. The van der Waals surface area contributed by atoms with E-state index in [9.17, 15) is 0 Å². The predicted octanol–water partition coefficient (Wildman–Crippen LogP) is 2.86. The lowest BCUT2D eigenvalue weighted by molar-refractivity contribution is 0.571. The van der Waals surface area contributed by atoms with E-state index in [0.29, 0.717) is 5.95 Å². The van der Waals surface area contributed by atoms with Gasteiger partial charge in [-0.05, 0) is 6.07 Å². The Morgan fingerprint density at radius 2 is 2.06 bits per heavy atom. The Hall–Kier alpha value is -1.49. The first kappa shape index (κ1) is 13.0. The normalized spacial score (nSPS) is 11.6. The van der Waals surface area contributed by atoms with Gasteiger partial charge in [0, 0.05) is 30.5 Å². The second-order valence-electron chi connectivity index (χ2n) is 5.17. The molecule has 0 amide bonds. The van der Waals surface area contributed by atoms with Crippen LogP contribution in [0.3, 0.4) is 0 Å². The number of aromatic nitrogens is 3. The van der Waals surface area contributed by atoms with Crippen LogP contribution < -0.4 is 5.32 Å². The van der Waals surface area contributed by atoms with Crippen molar-refractivity contribution in [2.24, 2.45) is 0 Å². The van der Waals surface area contributed by atoms with Gasteiger partial charge in [-0.1, -0.05) is 20.8 Å². The lowest BCUT2D eigenvalue weighted by Gasteiger charge is -2.14. The number of anilines is 1. The van der Waals surface area contributed by atoms with E-state index in [1.165, 1.54) is 0 Å². The standard InChI is InChI=1S/C13H18N4S/c1-13(2,3)10-8-18-11(17-10)7-9-5-6-15-12(14-4)16-9/h5-6,8H,7H2,1-4H3,(H,14,15,16). The summed E-state index contributed by atoms with van der Waals surface area (Å²) in [5.41, 5.74) is 2.24. The Labute approximate surface area is 112 Å². The summed E-state index contributed by atoms with van der Waals surface area (Å²) in [5.74, 6) is 0.653. The summed E-state index contributed by atoms with van der Waals surface area (Å²) in [6, 6.07) is 1.93. The minimum atomic E-state index is 0.108. The molecule has 0 spiro atoms. The third kappa shape index (κ3) is 3.04. The van der Waals surface area contributed by atoms with Gasteiger partial charge >= 0.3 is 0 Å². The highest BCUT2D eigenvalue weighted by molar-refractivity contribution is 7.09. The number of rotatable bonds is 3. The molecule has 2 heterocycles. The van der Waals surface area contributed by atoms with Crippen LogP contribution in [0.1, 0.15) is 37.2 Å². The molecule has 0 aromatic carbocycles. The van der Waals surface area contributed by atoms with Gasteiger partial charge in [0.15, 0.2) is 0 Å². The van der Waals surface area contributed by atoms with Crippen molar-refractivity contribution in [3.05, 3.63) is 34.0 Å². The van der Waals surface area contributed by atoms with Crippen molar-refractivity contribution < 1.29 is 0 Å². The number of thiazole rings is 1. The molecule has 0 aliphatic carbocycles. The predicted molar refractivity (Wildman–Crippen MR) is 75.2 cm³/mol. The van der Waals surface area contributed by atoms with Crippen molar-refractivity contribution in [1.82, 2.24) is 15.0 Å². The Morgan fingerprint density at radius 1 is 1.28 bits per heavy atom. The molecule has 5 heteroatoms. The molecule has 2 rings (SSSR count). The van der Waals surface area contributed by atoms with E-state index in [1.807, 2.05) is 13.1 Å². The summed E-state index contributed by atoms with van der Waals surface area (Å²) in [6.07, 6.45) is 2.53. The van der Waals surface area contributed by atoms with Crippen LogP contribution in [0.25, 0.3) is 0 Å². The van der Waals surface area contributed by atoms with E-state index in [-0.39, 0.29) is 5.41 Å². The van der Waals surface area contributed by atoms with Crippen LogP contribution in [0.2, 0.25) is 0 Å². The molecule has 0 aliphatic rings. The molecule has 4 nitrogen and oxygen atoms in total. The number of hydrogen-bond donors (Lipinski definition) is 1. The molecule has 2 aromatic heterocycles. The maximum atomic E-state index is 4.67. The lowest BCUT2D eigenvalue weighted by Crippen LogP contribution is -2.11. The molecule has 1 N–H and O–H groups in total. The van der Waals surface area contributed by atoms with Gasteiger partial charge < -0.3 is 5.32 Å². The average molecular weight is 262 g/mol. The van der Waals surface area contributed by atoms with Crippen molar-refractivity contribution in [1.29, 1.82) is 0 Å². The van der Waals surface area contributed by atoms with Gasteiger partial charge in [0.1, 0.15) is 0 Å². The van der Waals surface area contributed by atoms with Crippen molar-refractivity contribution >= 4 is 17.3 Å². The highest BCUT2D eigenvalue weighted by atomic mass is 32.1. The quantitative estimate of drug-likeness (QED) is 0.924. The van der Waals surface area contributed by atoms with Gasteiger partial charge in [0.2, 0.25) is 5.95 Å². The summed E-state index contributed by atoms with van der Waals surface area (Å²) >= 11 is 1.69. The van der Waals surface area contributed by atoms with Gasteiger partial charge in [0.25, 0.3) is 0 Å². The largest absolute Gasteiger partial charge is 0.357 e. The monoisotopic (exact) mass is 262 g/mol. The average Bonchev–Trinajstić information content (AvgIpc) is 2.77. The van der Waals surface area contributed by atoms with Crippen molar-refractivity contribution in [2.75, 3.05) is 12.4 Å². The van der Waals surface area contributed by atoms with Gasteiger partial charge in [-0.2, -0.15) is 0 Å². The highest BCUT2D eigenvalue weighted by Crippen LogP contribution is 2.24. The number of nitrogens with one attached hydrogen (secondary N) is 1. The van der Waals surface area contributed by atoms with Crippen LogP contribution in [-0.2, 0) is 11.8 Å². The Balaban J connectivity index is 2.16. The number of hydrogen-bond acceptors (Lipinski definition) is 5. The maximum absolute atomic E-state index is 4.67. The summed E-state index contributed by atoms with van der Waals surface area (Å²) in [7, 11) is 1.82. The Kier molecular flexibility index (Phi) is 3.61. The fourth-order valence-corrected chi connectivity index (χ4v) is 2.54. The second kappa shape index (κ2) is 5.02.